The normalized spacial score (nSPS) is 13.9. The lowest BCUT2D eigenvalue weighted by Crippen LogP contribution is -2.37. The van der Waals surface area contributed by atoms with Crippen LogP contribution in [0.2, 0.25) is 0 Å². The van der Waals surface area contributed by atoms with Crippen molar-refractivity contribution in [1.29, 1.82) is 0 Å². The number of benzene rings is 2. The Morgan fingerprint density at radius 1 is 0.861 bits per heavy atom. The first-order valence-electron chi connectivity index (χ1n) is 11.6. The molecule has 0 unspecified atom stereocenters. The van der Waals surface area contributed by atoms with Crippen LogP contribution in [0.15, 0.2) is 77.7 Å². The predicted molar refractivity (Wildman–Crippen MR) is 133 cm³/mol. The summed E-state index contributed by atoms with van der Waals surface area (Å²) in [5, 5.41) is 14.8. The van der Waals surface area contributed by atoms with Gasteiger partial charge in [0.05, 0.1) is 12.7 Å². The van der Waals surface area contributed by atoms with Crippen molar-refractivity contribution in [2.75, 3.05) is 13.1 Å². The molecule has 1 aliphatic heterocycles. The fourth-order valence-electron chi connectivity index (χ4n) is 3.76. The van der Waals surface area contributed by atoms with Gasteiger partial charge in [-0.25, -0.2) is 9.59 Å². The average Bonchev–Trinajstić information content (AvgIpc) is 2.90. The Balaban J connectivity index is 0.000000538. The number of piperidine rings is 1. The first-order chi connectivity index (χ1) is 17.4. The molecular weight excluding hydrogens is 464 g/mol. The number of aromatic amines is 1. The third kappa shape index (κ3) is 8.68. The van der Waals surface area contributed by atoms with Crippen molar-refractivity contribution in [3.05, 3.63) is 100.0 Å². The molecule has 0 saturated carbocycles. The highest BCUT2D eigenvalue weighted by Gasteiger charge is 2.21. The molecule has 1 aromatic heterocycles. The Morgan fingerprint density at radius 2 is 1.50 bits per heavy atom. The number of carboxylic acid groups (broad SMARTS) is 2. The molecule has 0 bridgehead atoms. The minimum atomic E-state index is -1.82. The maximum absolute atomic E-state index is 11.9. The van der Waals surface area contributed by atoms with Crippen molar-refractivity contribution in [2.45, 2.75) is 38.7 Å². The van der Waals surface area contributed by atoms with Crippen LogP contribution in [0.25, 0.3) is 0 Å². The third-order valence-corrected chi connectivity index (χ3v) is 5.70. The van der Waals surface area contributed by atoms with E-state index in [0.29, 0.717) is 19.8 Å². The molecule has 3 N–H and O–H groups in total. The SMILES string of the molecule is O=C(O)C(=O)O.O=c1[nH]cccc1CN1CCC(OCc2ccccc2OCc2ccccc2)CC1. The predicted octanol–water partition coefficient (Wildman–Crippen LogP) is 3.29. The Kier molecular flexibility index (Phi) is 10.2. The van der Waals surface area contributed by atoms with Crippen LogP contribution in [-0.4, -0.2) is 51.2 Å². The smallest absolute Gasteiger partial charge is 0.414 e. The molecule has 2 heterocycles. The van der Waals surface area contributed by atoms with E-state index in [1.807, 2.05) is 48.5 Å². The summed E-state index contributed by atoms with van der Waals surface area (Å²) in [6, 6.07) is 22.0. The van der Waals surface area contributed by atoms with Crippen LogP contribution in [0.4, 0.5) is 0 Å². The number of hydrogen-bond acceptors (Lipinski definition) is 6. The van der Waals surface area contributed by atoms with Crippen molar-refractivity contribution >= 4 is 11.9 Å². The average molecular weight is 495 g/mol. The van der Waals surface area contributed by atoms with Crippen molar-refractivity contribution in [2.24, 2.45) is 0 Å². The van der Waals surface area contributed by atoms with Crippen LogP contribution >= 0.6 is 0 Å². The van der Waals surface area contributed by atoms with Gasteiger partial charge in [0.2, 0.25) is 0 Å². The number of aliphatic carboxylic acids is 2. The number of nitrogens with zero attached hydrogens (tertiary/aromatic N) is 1. The number of carbonyl (C=O) groups is 2. The van der Waals surface area contributed by atoms with Crippen molar-refractivity contribution < 1.29 is 29.3 Å². The maximum atomic E-state index is 11.9. The molecule has 0 spiro atoms. The Hall–Kier alpha value is -3.95. The summed E-state index contributed by atoms with van der Waals surface area (Å²) in [5.74, 6) is -2.77. The van der Waals surface area contributed by atoms with Gasteiger partial charge < -0.3 is 24.7 Å². The number of ether oxygens (including phenoxy) is 2. The third-order valence-electron chi connectivity index (χ3n) is 5.70. The molecule has 0 aliphatic carbocycles. The van der Waals surface area contributed by atoms with Gasteiger partial charge in [-0.3, -0.25) is 9.69 Å². The second-order valence-electron chi connectivity index (χ2n) is 8.30. The summed E-state index contributed by atoms with van der Waals surface area (Å²) in [4.78, 5) is 35.1. The molecule has 36 heavy (non-hydrogen) atoms. The van der Waals surface area contributed by atoms with Crippen molar-refractivity contribution in [3.8, 4) is 5.75 Å². The summed E-state index contributed by atoms with van der Waals surface area (Å²) < 4.78 is 12.2. The molecule has 1 saturated heterocycles. The van der Waals surface area contributed by atoms with Crippen LogP contribution in [0, 0.1) is 0 Å². The molecule has 9 heteroatoms. The number of H-pyrrole nitrogens is 1. The van der Waals surface area contributed by atoms with E-state index in [1.165, 1.54) is 0 Å². The molecule has 1 fully saturated rings. The van der Waals surface area contributed by atoms with E-state index < -0.39 is 11.9 Å². The highest BCUT2D eigenvalue weighted by Crippen LogP contribution is 2.23. The molecule has 9 nitrogen and oxygen atoms in total. The van der Waals surface area contributed by atoms with Crippen LogP contribution < -0.4 is 10.3 Å². The molecule has 3 aromatic rings. The number of pyridine rings is 1. The van der Waals surface area contributed by atoms with Crippen LogP contribution in [0.3, 0.4) is 0 Å². The van der Waals surface area contributed by atoms with Crippen molar-refractivity contribution in [3.63, 3.8) is 0 Å². The number of likely N-dealkylation sites (tertiary alicyclic amines) is 1. The fraction of sp³-hybridized carbons (Fsp3) is 0.296. The van der Waals surface area contributed by atoms with Gasteiger partial charge in [-0.15, -0.1) is 0 Å². The first kappa shape index (κ1) is 26.7. The lowest BCUT2D eigenvalue weighted by Gasteiger charge is -2.31. The molecule has 4 rings (SSSR count). The summed E-state index contributed by atoms with van der Waals surface area (Å²) in [6.45, 7) is 3.66. The number of rotatable bonds is 8. The number of aromatic nitrogens is 1. The zero-order valence-electron chi connectivity index (χ0n) is 19.8. The molecule has 0 atom stereocenters. The molecular formula is C27H30N2O7. The van der Waals surface area contributed by atoms with E-state index in [2.05, 4.69) is 28.1 Å². The second kappa shape index (κ2) is 13.8. The van der Waals surface area contributed by atoms with Gasteiger partial charge in [0.1, 0.15) is 12.4 Å². The van der Waals surface area contributed by atoms with Gasteiger partial charge in [-0.05, 0) is 30.5 Å². The Bertz CT molecular complexity index is 1160. The first-order valence-corrected chi connectivity index (χ1v) is 11.6. The highest BCUT2D eigenvalue weighted by atomic mass is 16.5. The monoisotopic (exact) mass is 494 g/mol. The number of hydrogen-bond donors (Lipinski definition) is 3. The fourth-order valence-corrected chi connectivity index (χ4v) is 3.76. The van der Waals surface area contributed by atoms with Gasteiger partial charge in [0.25, 0.3) is 5.56 Å². The number of para-hydroxylation sites is 1. The summed E-state index contributed by atoms with van der Waals surface area (Å²) in [6.07, 6.45) is 3.85. The highest BCUT2D eigenvalue weighted by molar-refractivity contribution is 6.27. The molecule has 1 aliphatic rings. The number of carboxylic acids is 2. The Morgan fingerprint density at radius 3 is 2.17 bits per heavy atom. The standard InChI is InChI=1S/C25H28N2O3.C2H2O4/c28-25-21(10-6-14-26-25)17-27-15-12-23(13-16-27)29-19-22-9-4-5-11-24(22)30-18-20-7-2-1-3-8-20;3-1(4)2(5)6/h1-11,14,23H,12-13,15-19H2,(H,26,28);(H,3,4)(H,5,6). The second-order valence-corrected chi connectivity index (χ2v) is 8.30. The lowest BCUT2D eigenvalue weighted by molar-refractivity contribution is -0.159. The summed E-state index contributed by atoms with van der Waals surface area (Å²) in [7, 11) is 0. The molecule has 0 radical (unpaired) electrons. The van der Waals surface area contributed by atoms with Crippen LogP contribution in [0.5, 0.6) is 5.75 Å². The van der Waals surface area contributed by atoms with Gasteiger partial charge >= 0.3 is 11.9 Å². The molecule has 2 aromatic carbocycles. The summed E-state index contributed by atoms with van der Waals surface area (Å²) >= 11 is 0. The van der Waals surface area contributed by atoms with E-state index in [-0.39, 0.29) is 11.7 Å². The summed E-state index contributed by atoms with van der Waals surface area (Å²) in [5.41, 5.74) is 3.05. The minimum Gasteiger partial charge on any atom is -0.489 e. The van der Waals surface area contributed by atoms with Gasteiger partial charge in [0.15, 0.2) is 0 Å². The van der Waals surface area contributed by atoms with E-state index in [9.17, 15) is 4.79 Å². The zero-order chi connectivity index (χ0) is 25.8. The minimum absolute atomic E-state index is 0.00276. The van der Waals surface area contributed by atoms with E-state index in [0.717, 1.165) is 48.4 Å². The van der Waals surface area contributed by atoms with Crippen LogP contribution in [0.1, 0.15) is 29.5 Å². The van der Waals surface area contributed by atoms with E-state index in [1.54, 1.807) is 6.20 Å². The topological polar surface area (TPSA) is 129 Å². The maximum Gasteiger partial charge on any atom is 0.414 e. The zero-order valence-corrected chi connectivity index (χ0v) is 19.8. The van der Waals surface area contributed by atoms with E-state index >= 15 is 0 Å². The quantitative estimate of drug-likeness (QED) is 0.407. The Labute approximate surface area is 208 Å². The van der Waals surface area contributed by atoms with Gasteiger partial charge in [-0.1, -0.05) is 54.6 Å². The largest absolute Gasteiger partial charge is 0.489 e. The lowest BCUT2D eigenvalue weighted by atomic mass is 10.1. The van der Waals surface area contributed by atoms with Gasteiger partial charge in [-0.2, -0.15) is 0 Å². The van der Waals surface area contributed by atoms with Crippen molar-refractivity contribution in [1.82, 2.24) is 9.88 Å². The van der Waals surface area contributed by atoms with Crippen LogP contribution in [-0.2, 0) is 34.1 Å². The number of nitrogens with one attached hydrogen (secondary N) is 1. The van der Waals surface area contributed by atoms with Gasteiger partial charge in [0, 0.05) is 37.0 Å². The molecule has 190 valence electrons. The van der Waals surface area contributed by atoms with E-state index in [4.69, 9.17) is 29.3 Å². The molecule has 0 amide bonds.